The van der Waals surface area contributed by atoms with Crippen LogP contribution in [-0.4, -0.2) is 32.5 Å². The first-order valence-corrected chi connectivity index (χ1v) is 11.8. The zero-order chi connectivity index (χ0) is 22.5. The van der Waals surface area contributed by atoms with Gasteiger partial charge in [0.25, 0.3) is 11.8 Å². The number of methoxy groups -OCH3 is 1. The summed E-state index contributed by atoms with van der Waals surface area (Å²) in [4.78, 5) is 28.8. The number of ether oxygens (including phenoxy) is 1. The van der Waals surface area contributed by atoms with Crippen LogP contribution in [-0.2, 0) is 4.79 Å². The van der Waals surface area contributed by atoms with Crippen LogP contribution < -0.4 is 15.0 Å². The van der Waals surface area contributed by atoms with Gasteiger partial charge in [0, 0.05) is 24.1 Å². The van der Waals surface area contributed by atoms with Crippen molar-refractivity contribution in [2.75, 3.05) is 25.6 Å². The van der Waals surface area contributed by atoms with Crippen molar-refractivity contribution in [1.82, 2.24) is 5.32 Å². The molecule has 1 N–H and O–H groups in total. The van der Waals surface area contributed by atoms with Gasteiger partial charge in [-0.2, -0.15) is 0 Å². The van der Waals surface area contributed by atoms with Gasteiger partial charge in [-0.25, -0.2) is 0 Å². The van der Waals surface area contributed by atoms with Crippen molar-refractivity contribution < 1.29 is 14.3 Å². The van der Waals surface area contributed by atoms with Crippen LogP contribution in [0.2, 0.25) is 0 Å². The van der Waals surface area contributed by atoms with Crippen LogP contribution in [0.1, 0.15) is 48.0 Å². The molecule has 0 saturated heterocycles. The number of rotatable bonds is 6. The van der Waals surface area contributed by atoms with Crippen molar-refractivity contribution in [3.05, 3.63) is 70.1 Å². The van der Waals surface area contributed by atoms with Crippen LogP contribution >= 0.6 is 11.8 Å². The van der Waals surface area contributed by atoms with Crippen molar-refractivity contribution in [1.29, 1.82) is 0 Å². The predicted octanol–water partition coefficient (Wildman–Crippen LogP) is 5.43. The molecule has 32 heavy (non-hydrogen) atoms. The SMILES string of the molecule is COc1cccc(/C=C2\Sc3ccc(C(=O)NCCC4=CCCCC4)cc3N(C)C2=O)c1. The number of fused-ring (bicyclic) bond motifs is 1. The molecule has 2 aromatic rings. The molecule has 0 fully saturated rings. The molecule has 1 aliphatic heterocycles. The van der Waals surface area contributed by atoms with E-state index < -0.39 is 0 Å². The van der Waals surface area contributed by atoms with E-state index in [4.69, 9.17) is 4.74 Å². The van der Waals surface area contributed by atoms with Gasteiger partial charge in [-0.05, 0) is 74.1 Å². The standard InChI is InChI=1S/C26H28N2O3S/c1-28-22-17-20(25(29)27-14-13-18-7-4-3-5-8-18)11-12-23(22)32-24(26(28)30)16-19-9-6-10-21(15-19)31-2/h6-7,9-12,15-17H,3-5,8,13-14H2,1-2H3,(H,27,29)/b24-16-. The molecule has 166 valence electrons. The van der Waals surface area contributed by atoms with E-state index in [1.165, 1.54) is 30.2 Å². The maximum Gasteiger partial charge on any atom is 0.264 e. The normalized spacial score (nSPS) is 17.1. The van der Waals surface area contributed by atoms with Crippen LogP contribution in [0.25, 0.3) is 6.08 Å². The number of nitrogens with zero attached hydrogens (tertiary/aromatic N) is 1. The highest BCUT2D eigenvalue weighted by molar-refractivity contribution is 8.04. The van der Waals surface area contributed by atoms with E-state index in [2.05, 4.69) is 11.4 Å². The topological polar surface area (TPSA) is 58.6 Å². The van der Waals surface area contributed by atoms with E-state index in [1.54, 1.807) is 25.1 Å². The summed E-state index contributed by atoms with van der Waals surface area (Å²) in [5.74, 6) is 0.552. The number of benzene rings is 2. The van der Waals surface area contributed by atoms with Gasteiger partial charge < -0.3 is 15.0 Å². The Morgan fingerprint density at radius 2 is 2.09 bits per heavy atom. The zero-order valence-corrected chi connectivity index (χ0v) is 19.3. The second kappa shape index (κ2) is 10.1. The minimum absolute atomic E-state index is 0.0906. The number of carbonyl (C=O) groups excluding carboxylic acids is 2. The van der Waals surface area contributed by atoms with Crippen molar-refractivity contribution in [3.8, 4) is 5.75 Å². The van der Waals surface area contributed by atoms with Gasteiger partial charge >= 0.3 is 0 Å². The third-order valence-corrected chi connectivity index (χ3v) is 6.90. The van der Waals surface area contributed by atoms with Gasteiger partial charge in [0.2, 0.25) is 0 Å². The van der Waals surface area contributed by atoms with E-state index in [1.807, 2.05) is 42.5 Å². The lowest BCUT2D eigenvalue weighted by Gasteiger charge is -2.27. The average Bonchev–Trinajstić information content (AvgIpc) is 2.83. The van der Waals surface area contributed by atoms with E-state index >= 15 is 0 Å². The van der Waals surface area contributed by atoms with Crippen molar-refractivity contribution in [2.45, 2.75) is 37.0 Å². The van der Waals surface area contributed by atoms with Gasteiger partial charge in [-0.3, -0.25) is 9.59 Å². The van der Waals surface area contributed by atoms with Crippen molar-refractivity contribution >= 4 is 35.3 Å². The number of carbonyl (C=O) groups is 2. The Morgan fingerprint density at radius 3 is 2.88 bits per heavy atom. The zero-order valence-electron chi connectivity index (χ0n) is 18.5. The number of likely N-dealkylation sites (N-methyl/N-ethyl adjacent to an activating group) is 1. The largest absolute Gasteiger partial charge is 0.497 e. The summed E-state index contributed by atoms with van der Waals surface area (Å²) in [6.07, 6.45) is 9.90. The first kappa shape index (κ1) is 22.2. The summed E-state index contributed by atoms with van der Waals surface area (Å²) in [7, 11) is 3.37. The minimum Gasteiger partial charge on any atom is -0.497 e. The fourth-order valence-electron chi connectivity index (χ4n) is 3.99. The molecule has 0 saturated carbocycles. The summed E-state index contributed by atoms with van der Waals surface area (Å²) >= 11 is 1.42. The molecule has 4 rings (SSSR count). The van der Waals surface area contributed by atoms with Crippen molar-refractivity contribution in [3.63, 3.8) is 0 Å². The van der Waals surface area contributed by atoms with E-state index in [-0.39, 0.29) is 11.8 Å². The molecule has 1 aliphatic carbocycles. The number of thioether (sulfide) groups is 1. The van der Waals surface area contributed by atoms with Gasteiger partial charge in [0.15, 0.2) is 0 Å². The lowest BCUT2D eigenvalue weighted by atomic mass is 9.97. The molecule has 2 amide bonds. The average molecular weight is 449 g/mol. The monoisotopic (exact) mass is 448 g/mol. The first-order chi connectivity index (χ1) is 15.5. The maximum atomic E-state index is 13.0. The Hall–Kier alpha value is -2.99. The van der Waals surface area contributed by atoms with Crippen LogP contribution in [0.5, 0.6) is 5.75 Å². The lowest BCUT2D eigenvalue weighted by molar-refractivity contribution is -0.114. The molecule has 6 heteroatoms. The highest BCUT2D eigenvalue weighted by Gasteiger charge is 2.27. The summed E-state index contributed by atoms with van der Waals surface area (Å²) < 4.78 is 5.27. The Bertz CT molecular complexity index is 1090. The Kier molecular flexibility index (Phi) is 7.00. The number of amides is 2. The van der Waals surface area contributed by atoms with Crippen LogP contribution in [0.15, 0.2) is 63.9 Å². The predicted molar refractivity (Wildman–Crippen MR) is 130 cm³/mol. The second-order valence-corrected chi connectivity index (χ2v) is 9.13. The summed E-state index contributed by atoms with van der Waals surface area (Å²) in [5.41, 5.74) is 3.67. The Labute approximate surface area is 193 Å². The number of hydrogen-bond acceptors (Lipinski definition) is 4. The molecular weight excluding hydrogens is 420 g/mol. The molecule has 0 bridgehead atoms. The highest BCUT2D eigenvalue weighted by Crippen LogP contribution is 2.42. The molecule has 0 radical (unpaired) electrons. The van der Waals surface area contributed by atoms with Gasteiger partial charge in [-0.1, -0.05) is 35.5 Å². The first-order valence-electron chi connectivity index (χ1n) is 11.0. The van der Waals surface area contributed by atoms with Gasteiger partial charge in [-0.15, -0.1) is 0 Å². The molecule has 2 aromatic carbocycles. The van der Waals surface area contributed by atoms with E-state index in [0.717, 1.165) is 41.2 Å². The van der Waals surface area contributed by atoms with E-state index in [9.17, 15) is 9.59 Å². The van der Waals surface area contributed by atoms with E-state index in [0.29, 0.717) is 17.0 Å². The maximum absolute atomic E-state index is 13.0. The molecular formula is C26H28N2O3S. The number of anilines is 1. The smallest absolute Gasteiger partial charge is 0.264 e. The van der Waals surface area contributed by atoms with Crippen LogP contribution in [0.3, 0.4) is 0 Å². The fraction of sp³-hybridized carbons (Fsp3) is 0.308. The number of allylic oxidation sites excluding steroid dienone is 1. The third-order valence-electron chi connectivity index (χ3n) is 5.83. The summed E-state index contributed by atoms with van der Waals surface area (Å²) in [5, 5.41) is 3.02. The lowest BCUT2D eigenvalue weighted by Crippen LogP contribution is -2.31. The fourth-order valence-corrected chi connectivity index (χ4v) is 5.08. The highest BCUT2D eigenvalue weighted by atomic mass is 32.2. The summed E-state index contributed by atoms with van der Waals surface area (Å²) in [6, 6.07) is 13.2. The van der Waals surface area contributed by atoms with Crippen LogP contribution in [0.4, 0.5) is 5.69 Å². The summed E-state index contributed by atoms with van der Waals surface area (Å²) in [6.45, 7) is 0.638. The quantitative estimate of drug-likeness (QED) is 0.473. The Morgan fingerprint density at radius 1 is 1.22 bits per heavy atom. The van der Waals surface area contributed by atoms with Gasteiger partial charge in [0.05, 0.1) is 17.7 Å². The minimum atomic E-state index is -0.104. The second-order valence-electron chi connectivity index (χ2n) is 8.05. The third kappa shape index (κ3) is 5.07. The van der Waals surface area contributed by atoms with Crippen molar-refractivity contribution in [2.24, 2.45) is 0 Å². The molecule has 0 atom stereocenters. The molecule has 0 aromatic heterocycles. The molecule has 0 unspecified atom stereocenters. The molecule has 1 heterocycles. The number of hydrogen-bond donors (Lipinski definition) is 1. The molecule has 5 nitrogen and oxygen atoms in total. The van der Waals surface area contributed by atoms with Crippen LogP contribution in [0, 0.1) is 0 Å². The molecule has 2 aliphatic rings. The Balaban J connectivity index is 1.46. The number of nitrogens with one attached hydrogen (secondary N) is 1. The molecule has 0 spiro atoms. The van der Waals surface area contributed by atoms with Gasteiger partial charge in [0.1, 0.15) is 5.75 Å².